The van der Waals surface area contributed by atoms with E-state index in [4.69, 9.17) is 20.6 Å². The monoisotopic (exact) mass is 427 g/mol. The van der Waals surface area contributed by atoms with Crippen LogP contribution in [0.4, 0.5) is 17.3 Å². The molecular weight excluding hydrogens is 402 g/mol. The van der Waals surface area contributed by atoms with Crippen molar-refractivity contribution in [2.45, 2.75) is 6.92 Å². The van der Waals surface area contributed by atoms with E-state index in [2.05, 4.69) is 34.5 Å². The van der Waals surface area contributed by atoms with Crippen LogP contribution in [0.3, 0.4) is 0 Å². The summed E-state index contributed by atoms with van der Waals surface area (Å²) < 4.78 is 7.42. The van der Waals surface area contributed by atoms with Gasteiger partial charge >= 0.3 is 0 Å². The summed E-state index contributed by atoms with van der Waals surface area (Å²) in [6, 6.07) is 19.8. The Bertz CT molecular complexity index is 1260. The van der Waals surface area contributed by atoms with Crippen molar-refractivity contribution >= 4 is 29.2 Å². The van der Waals surface area contributed by atoms with Crippen molar-refractivity contribution in [1.82, 2.24) is 14.6 Å². The Labute approximate surface area is 186 Å². The average Bonchev–Trinajstić information content (AvgIpc) is 3.24. The van der Waals surface area contributed by atoms with E-state index >= 15 is 0 Å². The zero-order chi connectivity index (χ0) is 21.9. The van der Waals surface area contributed by atoms with Crippen LogP contribution < -0.4 is 16.1 Å². The van der Waals surface area contributed by atoms with Gasteiger partial charge in [-0.1, -0.05) is 42.0 Å². The van der Waals surface area contributed by atoms with E-state index in [1.54, 1.807) is 6.21 Å². The number of hydrazone groups is 1. The van der Waals surface area contributed by atoms with Crippen molar-refractivity contribution in [3.63, 3.8) is 0 Å². The van der Waals surface area contributed by atoms with E-state index in [1.807, 2.05) is 53.0 Å². The fourth-order valence-electron chi connectivity index (χ4n) is 3.75. The van der Waals surface area contributed by atoms with Gasteiger partial charge in [-0.3, -0.25) is 5.43 Å². The van der Waals surface area contributed by atoms with E-state index in [0.717, 1.165) is 47.1 Å². The first-order valence-corrected chi connectivity index (χ1v) is 10.6. The van der Waals surface area contributed by atoms with Crippen LogP contribution in [0.25, 0.3) is 16.9 Å². The lowest BCUT2D eigenvalue weighted by Crippen LogP contribution is -2.37. The van der Waals surface area contributed by atoms with Crippen molar-refractivity contribution in [2.24, 2.45) is 5.10 Å². The molecule has 32 heavy (non-hydrogen) atoms. The van der Waals surface area contributed by atoms with E-state index in [1.165, 1.54) is 5.56 Å². The van der Waals surface area contributed by atoms with Gasteiger partial charge in [0.05, 0.1) is 25.1 Å². The average molecular weight is 428 g/mol. The van der Waals surface area contributed by atoms with Crippen LogP contribution in [-0.2, 0) is 4.74 Å². The van der Waals surface area contributed by atoms with Gasteiger partial charge in [-0.2, -0.15) is 14.7 Å². The van der Waals surface area contributed by atoms with Crippen LogP contribution in [-0.4, -0.2) is 47.1 Å². The number of rotatable bonds is 5. The normalized spacial score (nSPS) is 14.3. The first-order chi connectivity index (χ1) is 15.7. The minimum Gasteiger partial charge on any atom is -0.399 e. The van der Waals surface area contributed by atoms with Crippen LogP contribution in [0.5, 0.6) is 0 Å². The number of hydrogen-bond donors (Lipinski definition) is 2. The molecule has 1 fully saturated rings. The van der Waals surface area contributed by atoms with Gasteiger partial charge in [-0.05, 0) is 24.6 Å². The number of benzene rings is 2. The second kappa shape index (κ2) is 8.68. The predicted octanol–water partition coefficient (Wildman–Crippen LogP) is 3.57. The molecule has 0 spiro atoms. The molecule has 0 bridgehead atoms. The molecule has 0 atom stereocenters. The number of nitrogen functional groups attached to an aromatic ring is 1. The van der Waals surface area contributed by atoms with Gasteiger partial charge in [-0.15, -0.1) is 0 Å². The summed E-state index contributed by atoms with van der Waals surface area (Å²) >= 11 is 0. The Hall–Kier alpha value is -3.91. The number of fused-ring (bicyclic) bond motifs is 1. The number of hydrogen-bond acceptors (Lipinski definition) is 7. The van der Waals surface area contributed by atoms with E-state index in [9.17, 15) is 0 Å². The molecule has 2 aromatic heterocycles. The van der Waals surface area contributed by atoms with Gasteiger partial charge in [0, 0.05) is 36.5 Å². The van der Waals surface area contributed by atoms with Gasteiger partial charge in [0.15, 0.2) is 11.5 Å². The van der Waals surface area contributed by atoms with Crippen molar-refractivity contribution < 1.29 is 4.74 Å². The highest BCUT2D eigenvalue weighted by atomic mass is 16.5. The molecule has 3 N–H and O–H groups in total. The van der Waals surface area contributed by atoms with E-state index in [0.29, 0.717) is 19.0 Å². The molecular formula is C24H25N7O. The molecule has 2 aromatic carbocycles. The Kier molecular flexibility index (Phi) is 5.43. The fraction of sp³-hybridized carbons (Fsp3) is 0.208. The quantitative estimate of drug-likeness (QED) is 0.287. The zero-order valence-electron chi connectivity index (χ0n) is 17.9. The molecule has 162 valence electrons. The lowest BCUT2D eigenvalue weighted by atomic mass is 10.1. The molecule has 0 radical (unpaired) electrons. The molecule has 4 aromatic rings. The lowest BCUT2D eigenvalue weighted by Gasteiger charge is -2.29. The molecule has 8 nitrogen and oxygen atoms in total. The number of morpholine rings is 1. The summed E-state index contributed by atoms with van der Waals surface area (Å²) in [6.45, 7) is 5.02. The largest absolute Gasteiger partial charge is 0.399 e. The summed E-state index contributed by atoms with van der Waals surface area (Å²) in [5, 5.41) is 9.23. The van der Waals surface area contributed by atoms with Crippen LogP contribution in [0.15, 0.2) is 65.8 Å². The Balaban J connectivity index is 1.50. The number of aromatic nitrogens is 3. The van der Waals surface area contributed by atoms with Crippen LogP contribution in [0.1, 0.15) is 11.1 Å². The van der Waals surface area contributed by atoms with Crippen molar-refractivity contribution in [3.8, 4) is 11.3 Å². The molecule has 0 unspecified atom stereocenters. The summed E-state index contributed by atoms with van der Waals surface area (Å²) in [7, 11) is 0. The highest BCUT2D eigenvalue weighted by Gasteiger charge is 2.18. The van der Waals surface area contributed by atoms with Crippen molar-refractivity contribution in [1.29, 1.82) is 0 Å². The Morgan fingerprint density at radius 2 is 1.88 bits per heavy atom. The summed E-state index contributed by atoms with van der Waals surface area (Å²) in [5.41, 5.74) is 14.4. The molecule has 3 heterocycles. The number of nitrogens with zero attached hydrogens (tertiary/aromatic N) is 5. The molecule has 0 amide bonds. The van der Waals surface area contributed by atoms with Gasteiger partial charge in [-0.25, -0.2) is 4.98 Å². The van der Waals surface area contributed by atoms with Crippen LogP contribution in [0.2, 0.25) is 0 Å². The smallest absolute Gasteiger partial charge is 0.160 e. The third-order valence-corrected chi connectivity index (χ3v) is 5.38. The van der Waals surface area contributed by atoms with Crippen molar-refractivity contribution in [2.75, 3.05) is 42.4 Å². The molecule has 8 heteroatoms. The molecule has 1 saturated heterocycles. The van der Waals surface area contributed by atoms with E-state index < -0.39 is 0 Å². The van der Waals surface area contributed by atoms with Crippen molar-refractivity contribution in [3.05, 3.63) is 71.8 Å². The summed E-state index contributed by atoms with van der Waals surface area (Å²) in [6.07, 6.45) is 1.80. The highest BCUT2D eigenvalue weighted by molar-refractivity contribution is 5.80. The number of ether oxygens (including phenoxy) is 1. The molecule has 1 aliphatic rings. The van der Waals surface area contributed by atoms with Gasteiger partial charge < -0.3 is 15.4 Å². The topological polar surface area (TPSA) is 93.1 Å². The minimum absolute atomic E-state index is 0.659. The fourth-order valence-corrected chi connectivity index (χ4v) is 3.75. The molecule has 0 aliphatic carbocycles. The van der Waals surface area contributed by atoms with Gasteiger partial charge in [0.1, 0.15) is 5.82 Å². The Morgan fingerprint density at radius 1 is 1.06 bits per heavy atom. The summed E-state index contributed by atoms with van der Waals surface area (Å²) in [4.78, 5) is 6.99. The standard InChI is InChI=1S/C24H25N7O/c1-17-3-2-4-18(13-17)16-26-28-22-15-24(30-9-11-32-12-10-30)31-23(27-22)14-21(29-31)19-5-7-20(25)8-6-19/h2-8,13-16H,9-12,25H2,1H3,(H,27,28)/b26-16+. The first kappa shape index (κ1) is 20.0. The molecule has 5 rings (SSSR count). The number of nitrogens with one attached hydrogen (secondary N) is 1. The second-order valence-corrected chi connectivity index (χ2v) is 7.80. The third kappa shape index (κ3) is 4.26. The SMILES string of the molecule is Cc1cccc(/C=N/Nc2cc(N3CCOCC3)n3nc(-c4ccc(N)cc4)cc3n2)c1. The number of nitrogens with two attached hydrogens (primary N) is 1. The van der Waals surface area contributed by atoms with Crippen LogP contribution in [0, 0.1) is 6.92 Å². The van der Waals surface area contributed by atoms with E-state index in [-0.39, 0.29) is 0 Å². The first-order valence-electron chi connectivity index (χ1n) is 10.6. The highest BCUT2D eigenvalue weighted by Crippen LogP contribution is 2.26. The lowest BCUT2D eigenvalue weighted by molar-refractivity contribution is 0.122. The zero-order valence-corrected chi connectivity index (χ0v) is 17.9. The van der Waals surface area contributed by atoms with Gasteiger partial charge in [0.2, 0.25) is 0 Å². The summed E-state index contributed by atoms with van der Waals surface area (Å²) in [5.74, 6) is 1.61. The maximum Gasteiger partial charge on any atom is 0.160 e. The number of anilines is 3. The van der Waals surface area contributed by atoms with Crippen LogP contribution >= 0.6 is 0 Å². The minimum atomic E-state index is 0.659. The maximum atomic E-state index is 5.84. The third-order valence-electron chi connectivity index (χ3n) is 5.38. The number of aryl methyl sites for hydroxylation is 1. The second-order valence-electron chi connectivity index (χ2n) is 7.80. The Morgan fingerprint density at radius 3 is 2.66 bits per heavy atom. The maximum absolute atomic E-state index is 5.84. The molecule has 0 saturated carbocycles. The predicted molar refractivity (Wildman–Crippen MR) is 128 cm³/mol. The molecule has 1 aliphatic heterocycles. The van der Waals surface area contributed by atoms with Gasteiger partial charge in [0.25, 0.3) is 0 Å².